The maximum Gasteiger partial charge on any atom is 0.305 e. The maximum absolute atomic E-state index is 12.1. The highest BCUT2D eigenvalue weighted by atomic mass is 16.3. The van der Waals surface area contributed by atoms with Gasteiger partial charge in [-0.25, -0.2) is 0 Å². The van der Waals surface area contributed by atoms with Crippen molar-refractivity contribution in [2.75, 3.05) is 0 Å². The molecule has 0 saturated heterocycles. The van der Waals surface area contributed by atoms with E-state index in [0.29, 0.717) is 5.58 Å². The van der Waals surface area contributed by atoms with Crippen LogP contribution in [-0.4, -0.2) is 11.8 Å². The Kier molecular flexibility index (Phi) is 3.64. The van der Waals surface area contributed by atoms with Gasteiger partial charge in [0.1, 0.15) is 5.58 Å². The molecule has 1 aromatic carbocycles. The third kappa shape index (κ3) is 2.63. The van der Waals surface area contributed by atoms with Gasteiger partial charge in [0.15, 0.2) is 5.76 Å². The molecule has 0 aliphatic heterocycles. The molecule has 1 aliphatic carbocycles. The van der Waals surface area contributed by atoms with Crippen LogP contribution in [0.25, 0.3) is 11.0 Å². The Bertz CT molecular complexity index is 684. The van der Waals surface area contributed by atoms with Crippen molar-refractivity contribution in [2.24, 2.45) is 5.92 Å². The van der Waals surface area contributed by atoms with Gasteiger partial charge in [0.2, 0.25) is 5.91 Å². The molecular formula is C16H18N2O3. The second kappa shape index (κ2) is 5.60. The first-order chi connectivity index (χ1) is 10.2. The minimum Gasteiger partial charge on any atom is -0.451 e. The van der Waals surface area contributed by atoms with Crippen molar-refractivity contribution in [2.45, 2.75) is 32.6 Å². The molecule has 3 rings (SSSR count). The first kappa shape index (κ1) is 13.7. The summed E-state index contributed by atoms with van der Waals surface area (Å²) >= 11 is 0. The van der Waals surface area contributed by atoms with Gasteiger partial charge in [0.25, 0.3) is 0 Å². The standard InChI is InChI=1S/C16H18N2O3/c1-10-12-8-4-5-9-13(12)21-14(10)16(20)18-17-15(19)11-6-2-3-7-11/h4-5,8-9,11H,2-3,6-7H2,1H3,(H,17,19)(H,18,20). The summed E-state index contributed by atoms with van der Waals surface area (Å²) in [6.07, 6.45) is 3.94. The number of hydrogen-bond acceptors (Lipinski definition) is 3. The fourth-order valence-corrected chi connectivity index (χ4v) is 2.86. The van der Waals surface area contributed by atoms with Crippen LogP contribution in [0.4, 0.5) is 0 Å². The van der Waals surface area contributed by atoms with Crippen molar-refractivity contribution in [1.82, 2.24) is 10.9 Å². The highest BCUT2D eigenvalue weighted by Gasteiger charge is 2.24. The normalized spacial score (nSPS) is 15.3. The van der Waals surface area contributed by atoms with Crippen molar-refractivity contribution in [3.63, 3.8) is 0 Å². The summed E-state index contributed by atoms with van der Waals surface area (Å²) in [4.78, 5) is 24.0. The number of aryl methyl sites for hydroxylation is 1. The molecular weight excluding hydrogens is 268 g/mol. The molecule has 0 atom stereocenters. The Labute approximate surface area is 122 Å². The third-order valence-corrected chi connectivity index (χ3v) is 4.08. The average molecular weight is 286 g/mol. The van der Waals surface area contributed by atoms with Gasteiger partial charge in [-0.2, -0.15) is 0 Å². The molecule has 5 heteroatoms. The van der Waals surface area contributed by atoms with E-state index in [9.17, 15) is 9.59 Å². The quantitative estimate of drug-likeness (QED) is 0.834. The molecule has 5 nitrogen and oxygen atoms in total. The molecule has 0 radical (unpaired) electrons. The van der Waals surface area contributed by atoms with Gasteiger partial charge in [-0.1, -0.05) is 31.0 Å². The van der Waals surface area contributed by atoms with Crippen LogP contribution in [0.3, 0.4) is 0 Å². The molecule has 21 heavy (non-hydrogen) atoms. The molecule has 0 bridgehead atoms. The van der Waals surface area contributed by atoms with E-state index in [-0.39, 0.29) is 17.6 Å². The number of nitrogens with one attached hydrogen (secondary N) is 2. The minimum atomic E-state index is -0.421. The van der Waals surface area contributed by atoms with E-state index in [1.54, 1.807) is 0 Å². The van der Waals surface area contributed by atoms with Crippen molar-refractivity contribution in [1.29, 1.82) is 0 Å². The molecule has 1 saturated carbocycles. The van der Waals surface area contributed by atoms with E-state index in [1.165, 1.54) is 0 Å². The highest BCUT2D eigenvalue weighted by Crippen LogP contribution is 2.25. The molecule has 1 heterocycles. The van der Waals surface area contributed by atoms with E-state index < -0.39 is 5.91 Å². The lowest BCUT2D eigenvalue weighted by atomic mass is 10.1. The van der Waals surface area contributed by atoms with Crippen molar-refractivity contribution >= 4 is 22.8 Å². The van der Waals surface area contributed by atoms with E-state index in [1.807, 2.05) is 31.2 Å². The molecule has 1 aliphatic rings. The number of hydrazine groups is 1. The average Bonchev–Trinajstić information content (AvgIpc) is 3.13. The summed E-state index contributed by atoms with van der Waals surface area (Å²) < 4.78 is 5.56. The molecule has 0 unspecified atom stereocenters. The molecule has 1 fully saturated rings. The Morgan fingerprint density at radius 1 is 1.14 bits per heavy atom. The highest BCUT2D eigenvalue weighted by molar-refractivity contribution is 5.99. The van der Waals surface area contributed by atoms with Crippen molar-refractivity contribution in [3.8, 4) is 0 Å². The number of para-hydroxylation sites is 1. The number of amides is 2. The van der Waals surface area contributed by atoms with Gasteiger partial charge < -0.3 is 4.42 Å². The summed E-state index contributed by atoms with van der Waals surface area (Å²) in [6.45, 7) is 1.83. The number of carbonyl (C=O) groups excluding carboxylic acids is 2. The molecule has 110 valence electrons. The van der Waals surface area contributed by atoms with Crippen LogP contribution in [0.5, 0.6) is 0 Å². The Hall–Kier alpha value is -2.30. The van der Waals surface area contributed by atoms with Crippen molar-refractivity contribution in [3.05, 3.63) is 35.6 Å². The lowest BCUT2D eigenvalue weighted by Gasteiger charge is -2.10. The van der Waals surface area contributed by atoms with Gasteiger partial charge >= 0.3 is 5.91 Å². The Morgan fingerprint density at radius 2 is 1.86 bits per heavy atom. The molecule has 2 aromatic rings. The number of furan rings is 1. The zero-order chi connectivity index (χ0) is 14.8. The monoisotopic (exact) mass is 286 g/mol. The fraction of sp³-hybridized carbons (Fsp3) is 0.375. The number of hydrogen-bond donors (Lipinski definition) is 2. The van der Waals surface area contributed by atoms with Crippen molar-refractivity contribution < 1.29 is 14.0 Å². The van der Waals surface area contributed by atoms with E-state index >= 15 is 0 Å². The minimum absolute atomic E-state index is 0.0158. The van der Waals surface area contributed by atoms with Gasteiger partial charge in [0.05, 0.1) is 0 Å². The molecule has 2 N–H and O–H groups in total. The van der Waals surface area contributed by atoms with Crippen LogP contribution in [0, 0.1) is 12.8 Å². The van der Waals surface area contributed by atoms with Crippen LogP contribution in [-0.2, 0) is 4.79 Å². The number of carbonyl (C=O) groups is 2. The second-order valence-corrected chi connectivity index (χ2v) is 5.48. The molecule has 2 amide bonds. The van der Waals surface area contributed by atoms with Gasteiger partial charge in [-0.3, -0.25) is 20.4 Å². The maximum atomic E-state index is 12.1. The molecule has 0 spiro atoms. The van der Waals surface area contributed by atoms with Gasteiger partial charge in [-0.15, -0.1) is 0 Å². The first-order valence-corrected chi connectivity index (χ1v) is 7.25. The fourth-order valence-electron chi connectivity index (χ4n) is 2.86. The van der Waals surface area contributed by atoms with Gasteiger partial charge in [-0.05, 0) is 25.8 Å². The molecule has 1 aromatic heterocycles. The van der Waals surface area contributed by atoms with Crippen LogP contribution in [0.1, 0.15) is 41.8 Å². The number of benzene rings is 1. The smallest absolute Gasteiger partial charge is 0.305 e. The van der Waals surface area contributed by atoms with E-state index in [4.69, 9.17) is 4.42 Å². The zero-order valence-corrected chi connectivity index (χ0v) is 11.9. The summed E-state index contributed by atoms with van der Waals surface area (Å²) in [5.41, 5.74) is 6.39. The first-order valence-electron chi connectivity index (χ1n) is 7.25. The van der Waals surface area contributed by atoms with Crippen LogP contribution < -0.4 is 10.9 Å². The number of fused-ring (bicyclic) bond motifs is 1. The summed E-state index contributed by atoms with van der Waals surface area (Å²) in [7, 11) is 0. The second-order valence-electron chi connectivity index (χ2n) is 5.48. The Morgan fingerprint density at radius 3 is 2.57 bits per heavy atom. The van der Waals surface area contributed by atoms with Crippen LogP contribution in [0.2, 0.25) is 0 Å². The van der Waals surface area contributed by atoms with Crippen LogP contribution in [0.15, 0.2) is 28.7 Å². The third-order valence-electron chi connectivity index (χ3n) is 4.08. The predicted molar refractivity (Wildman–Crippen MR) is 78.5 cm³/mol. The lowest BCUT2D eigenvalue weighted by Crippen LogP contribution is -2.44. The summed E-state index contributed by atoms with van der Waals surface area (Å²) in [6, 6.07) is 7.47. The topological polar surface area (TPSA) is 71.3 Å². The van der Waals surface area contributed by atoms with E-state index in [2.05, 4.69) is 10.9 Å². The largest absolute Gasteiger partial charge is 0.451 e. The zero-order valence-electron chi connectivity index (χ0n) is 11.9. The van der Waals surface area contributed by atoms with E-state index in [0.717, 1.165) is 36.6 Å². The van der Waals surface area contributed by atoms with Crippen LogP contribution >= 0.6 is 0 Å². The number of rotatable bonds is 2. The Balaban J connectivity index is 1.69. The lowest BCUT2D eigenvalue weighted by molar-refractivity contribution is -0.125. The summed E-state index contributed by atoms with van der Waals surface area (Å²) in [5.74, 6) is -0.283. The SMILES string of the molecule is Cc1c(C(=O)NNC(=O)C2CCCC2)oc2ccccc12. The van der Waals surface area contributed by atoms with Gasteiger partial charge in [0, 0.05) is 16.9 Å². The summed E-state index contributed by atoms with van der Waals surface area (Å²) in [5, 5.41) is 0.907. The predicted octanol–water partition coefficient (Wildman–Crippen LogP) is 2.69.